The highest BCUT2D eigenvalue weighted by Gasteiger charge is 2.17. The van der Waals surface area contributed by atoms with Crippen molar-refractivity contribution in [1.29, 1.82) is 0 Å². The first-order valence-electron chi connectivity index (χ1n) is 7.42. The lowest BCUT2D eigenvalue weighted by Crippen LogP contribution is -2.33. The third-order valence-electron chi connectivity index (χ3n) is 4.29. The molecule has 0 heterocycles. The lowest BCUT2D eigenvalue weighted by molar-refractivity contribution is 0.470. The topological polar surface area (TPSA) is 50.4 Å². The van der Waals surface area contributed by atoms with Gasteiger partial charge in [-0.15, -0.1) is 0 Å². The second-order valence-corrected chi connectivity index (χ2v) is 5.72. The number of nitrogens with two attached hydrogens (primary N) is 1. The largest absolute Gasteiger partial charge is 0.312 e. The molecule has 0 unspecified atom stereocenters. The number of rotatable bonds is 3. The van der Waals surface area contributed by atoms with Crippen molar-refractivity contribution < 1.29 is 0 Å². The van der Waals surface area contributed by atoms with Gasteiger partial charge in [0.15, 0.2) is 0 Å². The molecule has 0 amide bonds. The monoisotopic (exact) mass is 237 g/mol. The molecule has 2 saturated carbocycles. The maximum Gasteiger partial charge on any atom is 0.111 e. The van der Waals surface area contributed by atoms with Crippen molar-refractivity contribution in [3.05, 3.63) is 0 Å². The lowest BCUT2D eigenvalue weighted by Gasteiger charge is -2.16. The van der Waals surface area contributed by atoms with Gasteiger partial charge in [0.05, 0.1) is 6.04 Å². The van der Waals surface area contributed by atoms with Crippen molar-refractivity contribution in [3.8, 4) is 0 Å². The Balaban J connectivity index is 1.84. The van der Waals surface area contributed by atoms with Gasteiger partial charge in [0.2, 0.25) is 0 Å². The van der Waals surface area contributed by atoms with E-state index in [0.717, 1.165) is 18.2 Å². The fourth-order valence-electron chi connectivity index (χ4n) is 3.24. The van der Waals surface area contributed by atoms with Crippen LogP contribution in [0.2, 0.25) is 0 Å². The van der Waals surface area contributed by atoms with E-state index in [0.29, 0.717) is 6.04 Å². The second-order valence-electron chi connectivity index (χ2n) is 5.72. The minimum absolute atomic E-state index is 0.548. The van der Waals surface area contributed by atoms with Crippen molar-refractivity contribution in [2.45, 2.75) is 76.7 Å². The van der Waals surface area contributed by atoms with Crippen molar-refractivity contribution in [1.82, 2.24) is 5.43 Å². The van der Waals surface area contributed by atoms with E-state index in [4.69, 9.17) is 10.8 Å². The zero-order chi connectivity index (χ0) is 11.9. The van der Waals surface area contributed by atoms with Crippen molar-refractivity contribution in [2.24, 2.45) is 16.8 Å². The first-order valence-corrected chi connectivity index (χ1v) is 7.42. The highest BCUT2D eigenvalue weighted by Crippen LogP contribution is 2.26. The second kappa shape index (κ2) is 7.00. The van der Waals surface area contributed by atoms with E-state index in [1.807, 2.05) is 0 Å². The third-order valence-corrected chi connectivity index (χ3v) is 4.29. The van der Waals surface area contributed by atoms with Gasteiger partial charge in [-0.3, -0.25) is 4.99 Å². The minimum atomic E-state index is 0.548. The van der Waals surface area contributed by atoms with Crippen LogP contribution in [-0.4, -0.2) is 11.9 Å². The van der Waals surface area contributed by atoms with Crippen LogP contribution in [0.5, 0.6) is 0 Å². The predicted molar refractivity (Wildman–Crippen MR) is 72.8 cm³/mol. The normalized spacial score (nSPS) is 24.9. The highest BCUT2D eigenvalue weighted by molar-refractivity contribution is 5.82. The molecule has 0 saturated heterocycles. The van der Waals surface area contributed by atoms with Gasteiger partial charge in [0.25, 0.3) is 0 Å². The highest BCUT2D eigenvalue weighted by atomic mass is 15.3. The number of nitrogens with one attached hydrogen (secondary N) is 1. The van der Waals surface area contributed by atoms with Gasteiger partial charge < -0.3 is 5.43 Å². The molecule has 3 nitrogen and oxygen atoms in total. The Hall–Kier alpha value is -0.570. The van der Waals surface area contributed by atoms with E-state index >= 15 is 0 Å². The Morgan fingerprint density at radius 3 is 2.12 bits per heavy atom. The molecule has 2 aliphatic carbocycles. The molecule has 3 N–H and O–H groups in total. The van der Waals surface area contributed by atoms with Crippen LogP contribution in [0, 0.1) is 5.92 Å². The molecule has 98 valence electrons. The van der Waals surface area contributed by atoms with E-state index < -0.39 is 0 Å². The number of hydrazine groups is 1. The van der Waals surface area contributed by atoms with Crippen LogP contribution >= 0.6 is 0 Å². The summed E-state index contributed by atoms with van der Waals surface area (Å²) >= 11 is 0. The summed E-state index contributed by atoms with van der Waals surface area (Å²) < 4.78 is 0. The molecule has 0 aromatic heterocycles. The van der Waals surface area contributed by atoms with Gasteiger partial charge in [-0.05, 0) is 18.8 Å². The Morgan fingerprint density at radius 1 is 0.941 bits per heavy atom. The third kappa shape index (κ3) is 4.30. The molecule has 17 heavy (non-hydrogen) atoms. The molecule has 0 spiro atoms. The van der Waals surface area contributed by atoms with Crippen LogP contribution in [0.4, 0.5) is 0 Å². The van der Waals surface area contributed by atoms with Gasteiger partial charge in [0, 0.05) is 6.42 Å². The molecule has 3 heteroatoms. The summed E-state index contributed by atoms with van der Waals surface area (Å²) in [4.78, 5) is 4.80. The average Bonchev–Trinajstić information content (AvgIpc) is 2.71. The maximum atomic E-state index is 5.63. The maximum absolute atomic E-state index is 5.63. The van der Waals surface area contributed by atoms with E-state index in [2.05, 4.69) is 5.43 Å². The van der Waals surface area contributed by atoms with E-state index in [-0.39, 0.29) is 0 Å². The van der Waals surface area contributed by atoms with Gasteiger partial charge >= 0.3 is 0 Å². The molecule has 0 aliphatic heterocycles. The predicted octanol–water partition coefficient (Wildman–Crippen LogP) is 3.15. The van der Waals surface area contributed by atoms with Crippen LogP contribution < -0.4 is 11.3 Å². The van der Waals surface area contributed by atoms with Crippen molar-refractivity contribution >= 4 is 5.84 Å². The molecular formula is C14H27N3. The molecule has 2 aliphatic rings. The van der Waals surface area contributed by atoms with Crippen LogP contribution in [0.3, 0.4) is 0 Å². The first-order chi connectivity index (χ1) is 8.38. The SMILES string of the molecule is NNC(CC1CCCCCC1)=NC1CCCC1. The quantitative estimate of drug-likeness (QED) is 0.260. The molecule has 0 atom stereocenters. The summed E-state index contributed by atoms with van der Waals surface area (Å²) in [6, 6.07) is 0.548. The molecule has 2 fully saturated rings. The number of hydrogen-bond donors (Lipinski definition) is 2. The number of nitrogens with zero attached hydrogens (tertiary/aromatic N) is 1. The standard InChI is InChI=1S/C14H27N3/c15-17-14(16-13-9-5-6-10-13)11-12-7-3-1-2-4-8-12/h12-13H,1-11,15H2,(H,16,17). The van der Waals surface area contributed by atoms with Crippen LogP contribution in [0.1, 0.15) is 70.6 Å². The average molecular weight is 237 g/mol. The molecule has 0 radical (unpaired) electrons. The fourth-order valence-corrected chi connectivity index (χ4v) is 3.24. The Bertz CT molecular complexity index is 236. The minimum Gasteiger partial charge on any atom is -0.312 e. The molecule has 0 aromatic rings. The van der Waals surface area contributed by atoms with E-state index in [1.54, 1.807) is 0 Å². The van der Waals surface area contributed by atoms with Crippen LogP contribution in [0.15, 0.2) is 4.99 Å². The van der Waals surface area contributed by atoms with Crippen LogP contribution in [-0.2, 0) is 0 Å². The zero-order valence-electron chi connectivity index (χ0n) is 11.0. The summed E-state index contributed by atoms with van der Waals surface area (Å²) in [5.41, 5.74) is 2.85. The summed E-state index contributed by atoms with van der Waals surface area (Å²) in [6.07, 6.45) is 14.6. The fraction of sp³-hybridized carbons (Fsp3) is 0.929. The van der Waals surface area contributed by atoms with Crippen molar-refractivity contribution in [3.63, 3.8) is 0 Å². The molecule has 0 bridgehead atoms. The van der Waals surface area contributed by atoms with Crippen LogP contribution in [0.25, 0.3) is 0 Å². The van der Waals surface area contributed by atoms with Gasteiger partial charge in [-0.25, -0.2) is 5.84 Å². The van der Waals surface area contributed by atoms with E-state index in [9.17, 15) is 0 Å². The Kier molecular flexibility index (Phi) is 5.30. The van der Waals surface area contributed by atoms with E-state index in [1.165, 1.54) is 64.2 Å². The molecule has 2 rings (SSSR count). The summed E-state index contributed by atoms with van der Waals surface area (Å²) in [6.45, 7) is 0. The molecular weight excluding hydrogens is 210 g/mol. The van der Waals surface area contributed by atoms with Gasteiger partial charge in [-0.1, -0.05) is 51.4 Å². The molecule has 0 aromatic carbocycles. The zero-order valence-corrected chi connectivity index (χ0v) is 11.0. The summed E-state index contributed by atoms with van der Waals surface area (Å²) in [7, 11) is 0. The van der Waals surface area contributed by atoms with Crippen molar-refractivity contribution in [2.75, 3.05) is 0 Å². The van der Waals surface area contributed by atoms with Gasteiger partial charge in [0.1, 0.15) is 5.84 Å². The number of hydrogen-bond acceptors (Lipinski definition) is 2. The smallest absolute Gasteiger partial charge is 0.111 e. The first kappa shape index (κ1) is 12.9. The van der Waals surface area contributed by atoms with Gasteiger partial charge in [-0.2, -0.15) is 0 Å². The number of aliphatic imine (C=N–C) groups is 1. The Morgan fingerprint density at radius 2 is 1.53 bits per heavy atom. The summed E-state index contributed by atoms with van der Waals surface area (Å²) in [5.74, 6) is 7.50. The Labute approximate surface area is 105 Å². The lowest BCUT2D eigenvalue weighted by atomic mass is 9.96. The summed E-state index contributed by atoms with van der Waals surface area (Å²) in [5, 5.41) is 0. The number of amidine groups is 1.